The summed E-state index contributed by atoms with van der Waals surface area (Å²) in [5.41, 5.74) is 14.5. The van der Waals surface area contributed by atoms with Crippen molar-refractivity contribution in [2.24, 2.45) is 0 Å². The highest BCUT2D eigenvalue weighted by Crippen LogP contribution is 2.54. The Bertz CT molecular complexity index is 3270. The van der Waals surface area contributed by atoms with Gasteiger partial charge in [-0.05, 0) is 95.8 Å². The zero-order valence-corrected chi connectivity index (χ0v) is 37.7. The number of rotatable bonds is 6. The van der Waals surface area contributed by atoms with Crippen LogP contribution < -0.4 is 19.8 Å². The zero-order valence-electron chi connectivity index (χ0n) is 37.7. The molecular formula is C56H52BN5O. The van der Waals surface area contributed by atoms with Gasteiger partial charge in [-0.1, -0.05) is 145 Å². The molecule has 310 valence electrons. The molecule has 2 aliphatic rings. The number of benzene rings is 6. The summed E-state index contributed by atoms with van der Waals surface area (Å²) in [6, 6.07) is 52.3. The minimum atomic E-state index is -0.224. The van der Waals surface area contributed by atoms with Gasteiger partial charge in [0.2, 0.25) is 0 Å². The van der Waals surface area contributed by atoms with Crippen molar-refractivity contribution in [2.75, 3.05) is 9.62 Å². The number of imidazole rings is 1. The van der Waals surface area contributed by atoms with Crippen molar-refractivity contribution in [2.45, 2.75) is 78.6 Å². The van der Waals surface area contributed by atoms with Crippen LogP contribution in [0.3, 0.4) is 0 Å². The fourth-order valence-corrected chi connectivity index (χ4v) is 10.4. The number of hydrogen-bond acceptors (Lipinski definition) is 5. The lowest BCUT2D eigenvalue weighted by Crippen LogP contribution is -2.55. The lowest BCUT2D eigenvalue weighted by atomic mass is 9.60. The van der Waals surface area contributed by atoms with E-state index in [2.05, 4.69) is 216 Å². The van der Waals surface area contributed by atoms with Crippen LogP contribution in [-0.4, -0.2) is 21.4 Å². The molecule has 0 spiro atoms. The second kappa shape index (κ2) is 13.8. The van der Waals surface area contributed by atoms with E-state index in [1.165, 1.54) is 49.7 Å². The Morgan fingerprint density at radius 2 is 1.32 bits per heavy atom. The summed E-state index contributed by atoms with van der Waals surface area (Å²) in [7, 11) is 0. The lowest BCUT2D eigenvalue weighted by molar-refractivity contribution is 0.289. The normalized spacial score (nSPS) is 15.2. The number of fused-ring (bicyclic) bond motifs is 4. The van der Waals surface area contributed by atoms with Crippen molar-refractivity contribution in [1.82, 2.24) is 14.4 Å². The number of nitrogens with zero attached hydrogens (tertiary/aromatic N) is 5. The third-order valence-corrected chi connectivity index (χ3v) is 14.4. The number of ether oxygens (including phenoxy) is 1. The summed E-state index contributed by atoms with van der Waals surface area (Å²) < 4.78 is 9.57. The number of para-hydroxylation sites is 2. The molecule has 0 radical (unpaired) electrons. The predicted molar refractivity (Wildman–Crippen MR) is 263 cm³/mol. The summed E-state index contributed by atoms with van der Waals surface area (Å²) in [5.74, 6) is 2.43. The van der Waals surface area contributed by atoms with Crippen molar-refractivity contribution in [3.63, 3.8) is 0 Å². The van der Waals surface area contributed by atoms with E-state index in [0.29, 0.717) is 0 Å². The van der Waals surface area contributed by atoms with Crippen LogP contribution in [0.5, 0.6) is 11.5 Å². The maximum absolute atomic E-state index is 7.11. The molecule has 6 nitrogen and oxygen atoms in total. The Hall–Kier alpha value is -6.86. The van der Waals surface area contributed by atoms with Gasteiger partial charge in [0.15, 0.2) is 0 Å². The maximum atomic E-state index is 7.11. The van der Waals surface area contributed by atoms with Gasteiger partial charge in [0, 0.05) is 50.8 Å². The predicted octanol–water partition coefficient (Wildman–Crippen LogP) is 13.7. The second-order valence-corrected chi connectivity index (χ2v) is 19.7. The van der Waals surface area contributed by atoms with Crippen LogP contribution in [0.2, 0.25) is 0 Å². The number of anilines is 4. The molecule has 0 N–H and O–H groups in total. The minimum Gasteiger partial charge on any atom is -0.457 e. The largest absolute Gasteiger partial charge is 0.457 e. The highest BCUT2D eigenvalue weighted by atomic mass is 16.5. The van der Waals surface area contributed by atoms with E-state index in [0.717, 1.165) is 56.7 Å². The highest BCUT2D eigenvalue weighted by Gasteiger charge is 2.49. The third-order valence-electron chi connectivity index (χ3n) is 14.4. The van der Waals surface area contributed by atoms with Gasteiger partial charge in [-0.3, -0.25) is 4.40 Å². The first-order valence-corrected chi connectivity index (χ1v) is 22.2. The molecule has 5 heterocycles. The molecule has 0 unspecified atom stereocenters. The molecule has 0 bridgehead atoms. The van der Waals surface area contributed by atoms with Gasteiger partial charge in [-0.2, -0.15) is 0 Å². The SMILES string of the molecule is Cc1cccc(C)c1B1N(c2ccccc2)c2cccnc2N1c1cc(Oc2ccc3c(c2)c2nc(-c4ccccc4)c4n2c2c(cccc32)C(C)(C)C4(C)C)cc(C(C)(C)C)c1. The molecule has 0 fully saturated rings. The summed E-state index contributed by atoms with van der Waals surface area (Å²) in [6.07, 6.45) is 1.90. The number of pyridine rings is 2. The number of hydrogen-bond donors (Lipinski definition) is 0. The molecular weight excluding hydrogens is 769 g/mol. The molecule has 63 heavy (non-hydrogen) atoms. The number of aryl methyl sites for hydroxylation is 2. The van der Waals surface area contributed by atoms with E-state index in [1.807, 2.05) is 12.3 Å². The van der Waals surface area contributed by atoms with E-state index in [9.17, 15) is 0 Å². The first kappa shape index (κ1) is 39.0. The van der Waals surface area contributed by atoms with Crippen molar-refractivity contribution in [3.05, 3.63) is 180 Å². The summed E-state index contributed by atoms with van der Waals surface area (Å²) >= 11 is 0. The maximum Gasteiger partial charge on any atom is 0.422 e. The molecule has 2 aliphatic heterocycles. The van der Waals surface area contributed by atoms with Gasteiger partial charge in [0.25, 0.3) is 0 Å². The molecule has 0 atom stereocenters. The topological polar surface area (TPSA) is 45.9 Å². The van der Waals surface area contributed by atoms with Gasteiger partial charge in [-0.25, -0.2) is 9.97 Å². The Morgan fingerprint density at radius 1 is 0.603 bits per heavy atom. The Kier molecular flexibility index (Phi) is 8.56. The van der Waals surface area contributed by atoms with E-state index in [-0.39, 0.29) is 23.2 Å². The van der Waals surface area contributed by atoms with E-state index >= 15 is 0 Å². The van der Waals surface area contributed by atoms with Gasteiger partial charge < -0.3 is 14.4 Å². The Morgan fingerprint density at radius 3 is 2.05 bits per heavy atom. The smallest absolute Gasteiger partial charge is 0.422 e. The summed E-state index contributed by atoms with van der Waals surface area (Å²) in [6.45, 7) is 20.6. The van der Waals surface area contributed by atoms with Crippen LogP contribution in [0.4, 0.5) is 22.9 Å². The molecule has 7 heteroatoms. The molecule has 6 aromatic carbocycles. The van der Waals surface area contributed by atoms with Crippen molar-refractivity contribution in [1.29, 1.82) is 0 Å². The molecule has 0 saturated heterocycles. The highest BCUT2D eigenvalue weighted by molar-refractivity contribution is 6.85. The molecule has 3 aromatic heterocycles. The average Bonchev–Trinajstić information content (AvgIpc) is 3.84. The quantitative estimate of drug-likeness (QED) is 0.123. The Labute approximate surface area is 371 Å². The average molecular weight is 822 g/mol. The first-order valence-electron chi connectivity index (χ1n) is 22.2. The van der Waals surface area contributed by atoms with Crippen LogP contribution in [0.25, 0.3) is 38.6 Å². The van der Waals surface area contributed by atoms with Crippen molar-refractivity contribution >= 4 is 62.6 Å². The van der Waals surface area contributed by atoms with Crippen LogP contribution in [0.15, 0.2) is 152 Å². The van der Waals surface area contributed by atoms with Crippen molar-refractivity contribution < 1.29 is 4.74 Å². The second-order valence-electron chi connectivity index (χ2n) is 19.7. The third kappa shape index (κ3) is 5.78. The molecule has 9 aromatic rings. The monoisotopic (exact) mass is 821 g/mol. The Balaban J connectivity index is 1.11. The number of aromatic nitrogens is 3. The van der Waals surface area contributed by atoms with Gasteiger partial charge in [-0.15, -0.1) is 0 Å². The fourth-order valence-electron chi connectivity index (χ4n) is 10.4. The summed E-state index contributed by atoms with van der Waals surface area (Å²) in [4.78, 5) is 15.5. The zero-order chi connectivity index (χ0) is 43.6. The van der Waals surface area contributed by atoms with E-state index in [4.69, 9.17) is 14.7 Å². The van der Waals surface area contributed by atoms with E-state index in [1.54, 1.807) is 0 Å². The van der Waals surface area contributed by atoms with Crippen LogP contribution in [0, 0.1) is 13.8 Å². The lowest BCUT2D eigenvalue weighted by Gasteiger charge is -2.46. The fraction of sp³-hybridized carbons (Fsp3) is 0.214. The van der Waals surface area contributed by atoms with Crippen LogP contribution in [-0.2, 0) is 16.2 Å². The van der Waals surface area contributed by atoms with E-state index < -0.39 is 0 Å². The molecule has 0 aliphatic carbocycles. The molecule has 11 rings (SSSR count). The van der Waals surface area contributed by atoms with Gasteiger partial charge in [0.05, 0.1) is 22.6 Å². The molecule has 0 amide bonds. The van der Waals surface area contributed by atoms with Crippen LogP contribution >= 0.6 is 0 Å². The van der Waals surface area contributed by atoms with Crippen molar-refractivity contribution in [3.8, 4) is 22.8 Å². The van der Waals surface area contributed by atoms with Gasteiger partial charge in [0.1, 0.15) is 23.0 Å². The molecule has 0 saturated carbocycles. The van der Waals surface area contributed by atoms with Gasteiger partial charge >= 0.3 is 6.98 Å². The van der Waals surface area contributed by atoms with Crippen LogP contribution in [0.1, 0.15) is 76.4 Å². The minimum absolute atomic E-state index is 0.147. The summed E-state index contributed by atoms with van der Waals surface area (Å²) in [5, 5.41) is 3.45. The first-order chi connectivity index (χ1) is 30.2. The standard InChI is InChI=1S/C56H52BN5O/c1-35-19-16-20-36(2)48(35)57-61(39-23-14-11-15-24-39)47-27-18-30-58-53(47)62(57)40-31-38(54(3,4)5)32-42(33-40)63-41-28-29-43-44-25-17-26-46-50(44)60-51(56(8,9)55(46,6)7)49(37-21-12-10-13-22-37)59-52(60)45(43)34-41/h10-34H,1-9H3.